The molecule has 12 nitrogen and oxygen atoms in total. The highest BCUT2D eigenvalue weighted by atomic mass is 31.2. The van der Waals surface area contributed by atoms with Gasteiger partial charge in [-0.2, -0.15) is 4.98 Å². The van der Waals surface area contributed by atoms with Crippen molar-refractivity contribution in [3.63, 3.8) is 0 Å². The third-order valence-electron chi connectivity index (χ3n) is 3.36. The third-order valence-corrected chi connectivity index (χ3v) is 3.84. The second-order valence-electron chi connectivity index (χ2n) is 4.85. The number of hydrogen-bond donors (Lipinski definition) is 5. The number of aliphatic hydroxyl groups is 2. The zero-order chi connectivity index (χ0) is 16.8. The summed E-state index contributed by atoms with van der Waals surface area (Å²) in [5.74, 6) is -0.358. The molecular formula is C10H13N4O8P. The molecule has 1 fully saturated rings. The number of rotatable bonds is 4. The number of imidazole rings is 1. The van der Waals surface area contributed by atoms with Gasteiger partial charge in [0.25, 0.3) is 0 Å². The van der Waals surface area contributed by atoms with E-state index < -0.39 is 39.0 Å². The predicted molar refractivity (Wildman–Crippen MR) is 70.9 cm³/mol. The molecule has 1 saturated heterocycles. The highest BCUT2D eigenvalue weighted by Crippen LogP contribution is 2.38. The number of phosphoric ester groups is 1. The number of aromatic nitrogens is 4. The van der Waals surface area contributed by atoms with E-state index in [4.69, 9.17) is 14.5 Å². The molecule has 0 aromatic carbocycles. The van der Waals surface area contributed by atoms with Gasteiger partial charge >= 0.3 is 7.82 Å². The minimum atomic E-state index is -4.74. The quantitative estimate of drug-likeness (QED) is 0.396. The normalized spacial score (nSPS) is 28.5. The van der Waals surface area contributed by atoms with E-state index in [1.165, 1.54) is 10.9 Å². The van der Waals surface area contributed by atoms with E-state index in [0.717, 1.165) is 6.33 Å². The Morgan fingerprint density at radius 1 is 1.26 bits per heavy atom. The summed E-state index contributed by atoms with van der Waals surface area (Å²) in [6, 6.07) is 0. The van der Waals surface area contributed by atoms with Gasteiger partial charge < -0.3 is 29.8 Å². The Kier molecular flexibility index (Phi) is 4.06. The monoisotopic (exact) mass is 348 g/mol. The predicted octanol–water partition coefficient (Wildman–Crippen LogP) is -1.74. The number of hydrogen-bond acceptors (Lipinski definition) is 9. The number of ether oxygens (including phenoxy) is 1. The third kappa shape index (κ3) is 3.05. The lowest BCUT2D eigenvalue weighted by atomic mass is 10.1. The number of aromatic hydroxyl groups is 1. The summed E-state index contributed by atoms with van der Waals surface area (Å²) in [7, 11) is -4.74. The molecule has 23 heavy (non-hydrogen) atoms. The minimum absolute atomic E-state index is 0.0766. The standard InChI is InChI=1S/C10H13N4O8P/c15-6-4(1-21-23(18,19)20)22-10(7(6)16)14-3-13-5-8(14)11-2-12-9(5)17/h2-4,6-7,10,15-16H,1H2,(H,11,12,17)(H2,18,19,20)/t4-,6+,7+,10-/m1/s1. The zero-order valence-electron chi connectivity index (χ0n) is 11.4. The van der Waals surface area contributed by atoms with Crippen molar-refractivity contribution in [3.8, 4) is 5.88 Å². The molecule has 0 aliphatic carbocycles. The van der Waals surface area contributed by atoms with Gasteiger partial charge in [-0.15, -0.1) is 0 Å². The summed E-state index contributed by atoms with van der Waals surface area (Å²) >= 11 is 0. The van der Waals surface area contributed by atoms with Gasteiger partial charge in [-0.3, -0.25) is 9.09 Å². The van der Waals surface area contributed by atoms with Gasteiger partial charge in [0.1, 0.15) is 24.6 Å². The van der Waals surface area contributed by atoms with Crippen LogP contribution in [-0.4, -0.2) is 69.5 Å². The van der Waals surface area contributed by atoms with Crippen LogP contribution in [0.5, 0.6) is 5.88 Å². The molecule has 0 unspecified atom stereocenters. The summed E-state index contributed by atoms with van der Waals surface area (Å²) in [5.41, 5.74) is 0.234. The molecule has 0 spiro atoms. The van der Waals surface area contributed by atoms with Crippen LogP contribution in [0.25, 0.3) is 11.2 Å². The number of nitrogens with zero attached hydrogens (tertiary/aromatic N) is 4. The molecule has 1 aliphatic heterocycles. The fourth-order valence-electron chi connectivity index (χ4n) is 2.29. The van der Waals surface area contributed by atoms with Gasteiger partial charge in [-0.05, 0) is 0 Å². The Morgan fingerprint density at radius 2 is 2.00 bits per heavy atom. The summed E-state index contributed by atoms with van der Waals surface area (Å²) in [6.45, 7) is -0.619. The van der Waals surface area contributed by atoms with Crippen LogP contribution in [0.1, 0.15) is 6.23 Å². The molecule has 4 atom stereocenters. The maximum absolute atomic E-state index is 10.7. The van der Waals surface area contributed by atoms with Crippen LogP contribution in [0.4, 0.5) is 0 Å². The topological polar surface area (TPSA) is 180 Å². The van der Waals surface area contributed by atoms with E-state index >= 15 is 0 Å². The van der Waals surface area contributed by atoms with E-state index in [9.17, 15) is 19.9 Å². The molecule has 3 rings (SSSR count). The largest absolute Gasteiger partial charge is 0.492 e. The molecule has 2 aromatic heterocycles. The Balaban J connectivity index is 1.85. The van der Waals surface area contributed by atoms with Crippen LogP contribution < -0.4 is 0 Å². The molecule has 0 amide bonds. The van der Waals surface area contributed by atoms with Crippen molar-refractivity contribution in [2.75, 3.05) is 6.61 Å². The first kappa shape index (κ1) is 16.2. The summed E-state index contributed by atoms with van der Waals surface area (Å²) in [6.07, 6.45) is -2.85. The van der Waals surface area contributed by atoms with Crippen LogP contribution >= 0.6 is 7.82 Å². The van der Waals surface area contributed by atoms with Crippen molar-refractivity contribution < 1.29 is 38.9 Å². The Morgan fingerprint density at radius 3 is 2.70 bits per heavy atom. The lowest BCUT2D eigenvalue weighted by Gasteiger charge is -2.16. The van der Waals surface area contributed by atoms with Gasteiger partial charge in [-0.25, -0.2) is 14.5 Å². The molecule has 0 radical (unpaired) electrons. The van der Waals surface area contributed by atoms with Crippen LogP contribution in [0.3, 0.4) is 0 Å². The number of phosphoric acid groups is 1. The van der Waals surface area contributed by atoms with Gasteiger partial charge in [0.2, 0.25) is 5.88 Å². The zero-order valence-corrected chi connectivity index (χ0v) is 12.3. The molecular weight excluding hydrogens is 335 g/mol. The van der Waals surface area contributed by atoms with Crippen molar-refractivity contribution in [2.45, 2.75) is 24.5 Å². The number of fused-ring (bicyclic) bond motifs is 1. The average molecular weight is 348 g/mol. The van der Waals surface area contributed by atoms with E-state index in [0.29, 0.717) is 0 Å². The van der Waals surface area contributed by atoms with Crippen molar-refractivity contribution >= 4 is 19.0 Å². The first-order valence-electron chi connectivity index (χ1n) is 6.36. The first-order valence-corrected chi connectivity index (χ1v) is 7.89. The van der Waals surface area contributed by atoms with Gasteiger partial charge in [0, 0.05) is 0 Å². The second kappa shape index (κ2) is 5.76. The minimum Gasteiger partial charge on any atom is -0.492 e. The summed E-state index contributed by atoms with van der Waals surface area (Å²) < 4.78 is 21.6. The highest BCUT2D eigenvalue weighted by molar-refractivity contribution is 7.46. The first-order chi connectivity index (χ1) is 10.8. The lowest BCUT2D eigenvalue weighted by molar-refractivity contribution is -0.0504. The molecule has 3 heterocycles. The summed E-state index contributed by atoms with van der Waals surface area (Å²) in [4.78, 5) is 28.7. The smallest absolute Gasteiger partial charge is 0.469 e. The van der Waals surface area contributed by atoms with Crippen molar-refractivity contribution in [1.82, 2.24) is 19.5 Å². The Bertz CT molecular complexity index is 762. The maximum Gasteiger partial charge on any atom is 0.469 e. The van der Waals surface area contributed by atoms with E-state index in [1.54, 1.807) is 0 Å². The molecule has 126 valence electrons. The Hall–Kier alpha value is -1.66. The van der Waals surface area contributed by atoms with E-state index in [1.807, 2.05) is 0 Å². The van der Waals surface area contributed by atoms with Gasteiger partial charge in [-0.1, -0.05) is 0 Å². The molecule has 2 aromatic rings. The van der Waals surface area contributed by atoms with E-state index in [-0.39, 0.29) is 17.0 Å². The SMILES string of the molecule is O=P(O)(O)OC[C@H]1O[C@@H](n2cnc3c(O)ncnc32)[C@@H](O)[C@H]1O. The average Bonchev–Trinajstić information content (AvgIpc) is 3.01. The molecule has 5 N–H and O–H groups in total. The fourth-order valence-corrected chi connectivity index (χ4v) is 2.63. The highest BCUT2D eigenvalue weighted by Gasteiger charge is 2.45. The lowest BCUT2D eigenvalue weighted by Crippen LogP contribution is -2.33. The van der Waals surface area contributed by atoms with Gasteiger partial charge in [0.15, 0.2) is 17.4 Å². The molecule has 0 saturated carbocycles. The van der Waals surface area contributed by atoms with Crippen LogP contribution in [-0.2, 0) is 13.8 Å². The van der Waals surface area contributed by atoms with Crippen LogP contribution in [0.2, 0.25) is 0 Å². The second-order valence-corrected chi connectivity index (χ2v) is 6.09. The van der Waals surface area contributed by atoms with E-state index in [2.05, 4.69) is 19.5 Å². The van der Waals surface area contributed by atoms with Crippen molar-refractivity contribution in [3.05, 3.63) is 12.7 Å². The summed E-state index contributed by atoms with van der Waals surface area (Å²) in [5, 5.41) is 29.6. The van der Waals surface area contributed by atoms with Crippen molar-refractivity contribution in [1.29, 1.82) is 0 Å². The molecule has 1 aliphatic rings. The fraction of sp³-hybridized carbons (Fsp3) is 0.500. The molecule has 0 bridgehead atoms. The van der Waals surface area contributed by atoms with Gasteiger partial charge in [0.05, 0.1) is 12.9 Å². The number of aliphatic hydroxyl groups excluding tert-OH is 2. The Labute approximate surface area is 128 Å². The maximum atomic E-state index is 10.7. The molecule has 13 heteroatoms. The van der Waals surface area contributed by atoms with Crippen LogP contribution in [0, 0.1) is 0 Å². The van der Waals surface area contributed by atoms with Crippen LogP contribution in [0.15, 0.2) is 12.7 Å². The van der Waals surface area contributed by atoms with Crippen molar-refractivity contribution in [2.24, 2.45) is 0 Å².